The highest BCUT2D eigenvalue weighted by atomic mass is 16.5. The van der Waals surface area contributed by atoms with Crippen molar-refractivity contribution in [2.24, 2.45) is 4.99 Å². The number of aliphatic imine (C=N–C) groups is 1. The molecule has 1 heterocycles. The molecule has 0 radical (unpaired) electrons. The summed E-state index contributed by atoms with van der Waals surface area (Å²) in [7, 11) is 1.83. The summed E-state index contributed by atoms with van der Waals surface area (Å²) >= 11 is 0. The number of rotatable bonds is 4. The molecule has 3 rings (SSSR count). The van der Waals surface area contributed by atoms with Gasteiger partial charge in [0.2, 0.25) is 0 Å². The van der Waals surface area contributed by atoms with E-state index in [1.165, 1.54) is 11.3 Å². The van der Waals surface area contributed by atoms with Gasteiger partial charge in [-0.3, -0.25) is 4.99 Å². The van der Waals surface area contributed by atoms with Gasteiger partial charge in [0.1, 0.15) is 11.9 Å². The lowest BCUT2D eigenvalue weighted by Crippen LogP contribution is -2.44. The van der Waals surface area contributed by atoms with Crippen LogP contribution in [0.5, 0.6) is 5.75 Å². The summed E-state index contributed by atoms with van der Waals surface area (Å²) in [5.74, 6) is 1.79. The number of ether oxygens (including phenoxy) is 1. The zero-order chi connectivity index (χ0) is 16.1. The number of para-hydroxylation sites is 2. The third-order valence-corrected chi connectivity index (χ3v) is 3.98. The van der Waals surface area contributed by atoms with Crippen LogP contribution in [-0.4, -0.2) is 32.2 Å². The molecule has 2 aromatic carbocycles. The van der Waals surface area contributed by atoms with Crippen molar-refractivity contribution >= 4 is 11.6 Å². The molecule has 0 fully saturated rings. The molecule has 120 valence electrons. The molecule has 0 saturated carbocycles. The fourth-order valence-corrected chi connectivity index (χ4v) is 2.86. The molecule has 0 bridgehead atoms. The average molecular weight is 309 g/mol. The van der Waals surface area contributed by atoms with E-state index in [9.17, 15) is 0 Å². The zero-order valence-electron chi connectivity index (χ0n) is 13.7. The van der Waals surface area contributed by atoms with Crippen LogP contribution in [0.15, 0.2) is 59.6 Å². The van der Waals surface area contributed by atoms with Gasteiger partial charge in [0.15, 0.2) is 5.96 Å². The molecule has 23 heavy (non-hydrogen) atoms. The van der Waals surface area contributed by atoms with Gasteiger partial charge in [0, 0.05) is 19.3 Å². The third kappa shape index (κ3) is 3.65. The van der Waals surface area contributed by atoms with Gasteiger partial charge in [0.25, 0.3) is 0 Å². The largest absolute Gasteiger partial charge is 0.489 e. The first-order valence-corrected chi connectivity index (χ1v) is 8.05. The topological polar surface area (TPSA) is 36.9 Å². The van der Waals surface area contributed by atoms with Crippen LogP contribution in [0.1, 0.15) is 12.5 Å². The van der Waals surface area contributed by atoms with Crippen LogP contribution in [0.4, 0.5) is 5.69 Å². The smallest absolute Gasteiger partial charge is 0.198 e. The average Bonchev–Trinajstić information content (AvgIpc) is 3.01. The Bertz CT molecular complexity index is 669. The molecular weight excluding hydrogens is 286 g/mol. The van der Waals surface area contributed by atoms with Gasteiger partial charge in [0.05, 0.1) is 6.54 Å². The summed E-state index contributed by atoms with van der Waals surface area (Å²) < 4.78 is 5.91. The van der Waals surface area contributed by atoms with Crippen molar-refractivity contribution in [3.05, 3.63) is 60.2 Å². The van der Waals surface area contributed by atoms with Crippen molar-refractivity contribution < 1.29 is 4.74 Å². The van der Waals surface area contributed by atoms with Gasteiger partial charge >= 0.3 is 0 Å². The van der Waals surface area contributed by atoms with Gasteiger partial charge in [-0.25, -0.2) is 0 Å². The molecule has 0 amide bonds. The predicted octanol–water partition coefficient (Wildman–Crippen LogP) is 3.09. The van der Waals surface area contributed by atoms with Crippen molar-refractivity contribution in [2.45, 2.75) is 19.4 Å². The Morgan fingerprint density at radius 1 is 1.17 bits per heavy atom. The number of fused-ring (bicyclic) bond motifs is 1. The highest BCUT2D eigenvalue weighted by Crippen LogP contribution is 2.27. The summed E-state index contributed by atoms with van der Waals surface area (Å²) in [6, 6.07) is 18.4. The molecule has 1 N–H and O–H groups in total. The SMILES string of the molecule is CN=C(NCC(C)Oc1ccccc1)N1CCc2ccccc21. The Balaban J connectivity index is 1.59. The standard InChI is InChI=1S/C19H23N3O/c1-15(23-17-9-4-3-5-10-17)14-21-19(20-2)22-13-12-16-8-6-7-11-18(16)22/h3-11,15H,12-14H2,1-2H3,(H,20,21). The first kappa shape index (κ1) is 15.4. The van der Waals surface area contributed by atoms with Crippen molar-refractivity contribution in [3.63, 3.8) is 0 Å². The maximum Gasteiger partial charge on any atom is 0.198 e. The van der Waals surface area contributed by atoms with E-state index in [2.05, 4.69) is 46.4 Å². The van der Waals surface area contributed by atoms with Crippen molar-refractivity contribution in [1.82, 2.24) is 5.32 Å². The van der Waals surface area contributed by atoms with Crippen LogP contribution in [0, 0.1) is 0 Å². The maximum absolute atomic E-state index is 5.91. The van der Waals surface area contributed by atoms with Crippen LogP contribution in [0.3, 0.4) is 0 Å². The molecule has 1 aliphatic rings. The predicted molar refractivity (Wildman–Crippen MR) is 95.4 cm³/mol. The van der Waals surface area contributed by atoms with Gasteiger partial charge in [-0.1, -0.05) is 36.4 Å². The first-order chi connectivity index (χ1) is 11.3. The van der Waals surface area contributed by atoms with Crippen molar-refractivity contribution in [2.75, 3.05) is 25.0 Å². The Hall–Kier alpha value is -2.49. The molecule has 1 atom stereocenters. The summed E-state index contributed by atoms with van der Waals surface area (Å²) in [4.78, 5) is 6.66. The summed E-state index contributed by atoms with van der Waals surface area (Å²) in [6.45, 7) is 3.73. The van der Waals surface area contributed by atoms with Crippen LogP contribution >= 0.6 is 0 Å². The Morgan fingerprint density at radius 3 is 2.70 bits per heavy atom. The van der Waals surface area contributed by atoms with Crippen molar-refractivity contribution in [1.29, 1.82) is 0 Å². The lowest BCUT2D eigenvalue weighted by Gasteiger charge is -2.24. The van der Waals surface area contributed by atoms with Gasteiger partial charge < -0.3 is 15.0 Å². The van der Waals surface area contributed by atoms with Crippen LogP contribution in [0.2, 0.25) is 0 Å². The number of nitrogens with one attached hydrogen (secondary N) is 1. The molecule has 4 nitrogen and oxygen atoms in total. The molecule has 0 aliphatic carbocycles. The van der Waals surface area contributed by atoms with E-state index >= 15 is 0 Å². The minimum atomic E-state index is 0.0620. The van der Waals surface area contributed by atoms with E-state index in [0.29, 0.717) is 6.54 Å². The molecule has 0 aromatic heterocycles. The number of anilines is 1. The summed E-state index contributed by atoms with van der Waals surface area (Å²) in [5, 5.41) is 3.42. The summed E-state index contributed by atoms with van der Waals surface area (Å²) in [6.07, 6.45) is 1.12. The molecular formula is C19H23N3O. The minimum Gasteiger partial charge on any atom is -0.489 e. The molecule has 4 heteroatoms. The van der Waals surface area contributed by atoms with E-state index < -0.39 is 0 Å². The van der Waals surface area contributed by atoms with Crippen molar-refractivity contribution in [3.8, 4) is 5.75 Å². The molecule has 1 aliphatic heterocycles. The zero-order valence-corrected chi connectivity index (χ0v) is 13.7. The van der Waals surface area contributed by atoms with Gasteiger partial charge in [-0.05, 0) is 37.1 Å². The van der Waals surface area contributed by atoms with Gasteiger partial charge in [-0.2, -0.15) is 0 Å². The number of hydrogen-bond acceptors (Lipinski definition) is 2. The quantitative estimate of drug-likeness (QED) is 0.696. The van der Waals surface area contributed by atoms with Crippen LogP contribution < -0.4 is 15.0 Å². The number of guanidine groups is 1. The normalized spacial score (nSPS) is 15.2. The third-order valence-electron chi connectivity index (χ3n) is 3.98. The number of benzene rings is 2. The number of hydrogen-bond donors (Lipinski definition) is 1. The monoisotopic (exact) mass is 309 g/mol. The lowest BCUT2D eigenvalue weighted by molar-refractivity contribution is 0.224. The molecule has 2 aromatic rings. The van der Waals surface area contributed by atoms with E-state index in [1.54, 1.807) is 0 Å². The lowest BCUT2D eigenvalue weighted by atomic mass is 10.2. The maximum atomic E-state index is 5.91. The minimum absolute atomic E-state index is 0.0620. The second-order valence-corrected chi connectivity index (χ2v) is 5.70. The van der Waals surface area contributed by atoms with Crippen LogP contribution in [-0.2, 0) is 6.42 Å². The first-order valence-electron chi connectivity index (χ1n) is 8.05. The van der Waals surface area contributed by atoms with Gasteiger partial charge in [-0.15, -0.1) is 0 Å². The fourth-order valence-electron chi connectivity index (χ4n) is 2.86. The van der Waals surface area contributed by atoms with E-state index in [1.807, 2.05) is 37.4 Å². The molecule has 0 saturated heterocycles. The second kappa shape index (κ2) is 7.18. The van der Waals surface area contributed by atoms with Crippen LogP contribution in [0.25, 0.3) is 0 Å². The second-order valence-electron chi connectivity index (χ2n) is 5.70. The summed E-state index contributed by atoms with van der Waals surface area (Å²) in [5.41, 5.74) is 2.63. The van der Waals surface area contributed by atoms with E-state index in [4.69, 9.17) is 4.74 Å². The highest BCUT2D eigenvalue weighted by Gasteiger charge is 2.22. The molecule has 0 spiro atoms. The van der Waals surface area contributed by atoms with E-state index in [0.717, 1.165) is 24.7 Å². The fraction of sp³-hybridized carbons (Fsp3) is 0.316. The Kier molecular flexibility index (Phi) is 4.81. The number of nitrogens with zero attached hydrogens (tertiary/aromatic N) is 2. The molecule has 1 unspecified atom stereocenters. The van der Waals surface area contributed by atoms with E-state index in [-0.39, 0.29) is 6.10 Å². The Labute approximate surface area is 137 Å². The highest BCUT2D eigenvalue weighted by molar-refractivity contribution is 5.97. The Morgan fingerprint density at radius 2 is 1.91 bits per heavy atom.